The van der Waals surface area contributed by atoms with Gasteiger partial charge in [-0.15, -0.1) is 11.3 Å². The summed E-state index contributed by atoms with van der Waals surface area (Å²) in [7, 11) is 0. The minimum atomic E-state index is -0.462. The number of carbonyl (C=O) groups is 2. The van der Waals surface area contributed by atoms with Gasteiger partial charge in [-0.05, 0) is 37.3 Å². The average Bonchev–Trinajstić information content (AvgIpc) is 2.89. The largest absolute Gasteiger partial charge is 0.376 e. The van der Waals surface area contributed by atoms with Gasteiger partial charge >= 0.3 is 6.03 Å². The molecule has 3 rings (SSSR count). The Kier molecular flexibility index (Phi) is 6.06. The highest BCUT2D eigenvalue weighted by Gasteiger charge is 2.18. The molecule has 0 bridgehead atoms. The topological polar surface area (TPSA) is 88.7 Å². The lowest BCUT2D eigenvalue weighted by Gasteiger charge is -2.23. The molecule has 1 atom stereocenters. The number of hydrogen-bond donors (Lipinski definition) is 3. The Balaban J connectivity index is 1.42. The summed E-state index contributed by atoms with van der Waals surface area (Å²) < 4.78 is 10.7. The van der Waals surface area contributed by atoms with Crippen molar-refractivity contribution < 1.29 is 19.1 Å². The summed E-state index contributed by atoms with van der Waals surface area (Å²) in [4.78, 5) is 25.8. The second-order valence-electron chi connectivity index (χ2n) is 5.98. The molecule has 2 heterocycles. The molecule has 132 valence electrons. The lowest BCUT2D eigenvalue weighted by Crippen LogP contribution is -2.49. The Morgan fingerprint density at radius 3 is 2.88 bits per heavy atom. The molecule has 1 unspecified atom stereocenters. The van der Waals surface area contributed by atoms with Crippen LogP contribution in [0.25, 0.3) is 0 Å². The van der Waals surface area contributed by atoms with Crippen molar-refractivity contribution in [3.05, 3.63) is 21.4 Å². The zero-order valence-corrected chi connectivity index (χ0v) is 14.4. The van der Waals surface area contributed by atoms with E-state index in [4.69, 9.17) is 9.47 Å². The summed E-state index contributed by atoms with van der Waals surface area (Å²) in [6.07, 6.45) is 5.55. The number of aryl methyl sites for hydroxylation is 2. The van der Waals surface area contributed by atoms with Crippen molar-refractivity contribution in [2.45, 2.75) is 38.2 Å². The monoisotopic (exact) mass is 353 g/mol. The third-order valence-electron chi connectivity index (χ3n) is 4.14. The molecule has 1 aliphatic carbocycles. The molecule has 8 heteroatoms. The van der Waals surface area contributed by atoms with Gasteiger partial charge in [0.1, 0.15) is 0 Å². The standard InChI is InChI=1S/C16H23N3O4S/c20-15(14-8-11-4-2-1-3-5-13(11)24-14)18-19-16(21)17-9-12-10-22-6-7-23-12/h8,12H,1-7,9-10H2,(H,18,20)(H2,17,19,21). The number of hydrazine groups is 1. The molecule has 0 aromatic carbocycles. The maximum Gasteiger partial charge on any atom is 0.333 e. The van der Waals surface area contributed by atoms with E-state index in [0.29, 0.717) is 31.2 Å². The van der Waals surface area contributed by atoms with E-state index in [0.717, 1.165) is 12.8 Å². The molecular weight excluding hydrogens is 330 g/mol. The van der Waals surface area contributed by atoms with Crippen LogP contribution in [-0.4, -0.2) is 44.4 Å². The lowest BCUT2D eigenvalue weighted by molar-refractivity contribution is -0.0853. The van der Waals surface area contributed by atoms with Crippen LogP contribution in [0.4, 0.5) is 4.79 Å². The number of carbonyl (C=O) groups excluding carboxylic acids is 2. The third-order valence-corrected chi connectivity index (χ3v) is 5.37. The van der Waals surface area contributed by atoms with Crippen LogP contribution in [0.1, 0.15) is 39.4 Å². The van der Waals surface area contributed by atoms with Gasteiger partial charge in [0.15, 0.2) is 0 Å². The molecule has 1 fully saturated rings. The van der Waals surface area contributed by atoms with Crippen molar-refractivity contribution in [2.75, 3.05) is 26.4 Å². The van der Waals surface area contributed by atoms with Crippen LogP contribution in [0.5, 0.6) is 0 Å². The minimum absolute atomic E-state index is 0.145. The van der Waals surface area contributed by atoms with E-state index >= 15 is 0 Å². The summed E-state index contributed by atoms with van der Waals surface area (Å²) in [5.74, 6) is -0.277. The van der Waals surface area contributed by atoms with E-state index in [1.54, 1.807) is 0 Å². The molecule has 1 saturated heterocycles. The highest BCUT2D eigenvalue weighted by molar-refractivity contribution is 7.14. The number of amides is 3. The quantitative estimate of drug-likeness (QED) is 0.566. The second kappa shape index (κ2) is 8.46. The predicted octanol–water partition coefficient (Wildman–Crippen LogP) is 1.38. The molecule has 1 aromatic heterocycles. The van der Waals surface area contributed by atoms with Gasteiger partial charge in [0.05, 0.1) is 30.8 Å². The number of hydrogen-bond acceptors (Lipinski definition) is 5. The maximum atomic E-state index is 12.2. The summed E-state index contributed by atoms with van der Waals surface area (Å²) in [5, 5.41) is 2.65. The smallest absolute Gasteiger partial charge is 0.333 e. The van der Waals surface area contributed by atoms with Crippen molar-refractivity contribution in [2.24, 2.45) is 0 Å². The number of fused-ring (bicyclic) bond motifs is 1. The molecular formula is C16H23N3O4S. The Bertz CT molecular complexity index is 560. The van der Waals surface area contributed by atoms with Gasteiger partial charge in [0.25, 0.3) is 5.91 Å². The maximum absolute atomic E-state index is 12.2. The van der Waals surface area contributed by atoms with Gasteiger partial charge in [0.2, 0.25) is 0 Å². The predicted molar refractivity (Wildman–Crippen MR) is 90.1 cm³/mol. The summed E-state index contributed by atoms with van der Waals surface area (Å²) >= 11 is 1.52. The van der Waals surface area contributed by atoms with E-state index in [1.807, 2.05) is 6.07 Å². The summed E-state index contributed by atoms with van der Waals surface area (Å²) in [6.45, 7) is 1.93. The van der Waals surface area contributed by atoms with Gasteiger partial charge < -0.3 is 14.8 Å². The number of rotatable bonds is 3. The number of urea groups is 1. The normalized spacial score (nSPS) is 20.6. The molecule has 0 saturated carbocycles. The van der Waals surface area contributed by atoms with E-state index in [1.165, 1.54) is 41.0 Å². The van der Waals surface area contributed by atoms with E-state index in [2.05, 4.69) is 16.2 Å². The van der Waals surface area contributed by atoms with Crippen molar-refractivity contribution in [1.29, 1.82) is 0 Å². The van der Waals surface area contributed by atoms with Gasteiger partial charge in [-0.25, -0.2) is 10.2 Å². The zero-order chi connectivity index (χ0) is 16.8. The van der Waals surface area contributed by atoms with Crippen molar-refractivity contribution >= 4 is 23.3 Å². The van der Waals surface area contributed by atoms with Crippen LogP contribution in [0, 0.1) is 0 Å². The summed E-state index contributed by atoms with van der Waals surface area (Å²) in [6, 6.07) is 1.49. The first-order valence-electron chi connectivity index (χ1n) is 8.37. The van der Waals surface area contributed by atoms with E-state index < -0.39 is 6.03 Å². The van der Waals surface area contributed by atoms with Gasteiger partial charge in [-0.3, -0.25) is 10.2 Å². The molecule has 0 spiro atoms. The van der Waals surface area contributed by atoms with Crippen molar-refractivity contribution in [1.82, 2.24) is 16.2 Å². The SMILES string of the molecule is O=C(NCC1COCCO1)NNC(=O)c1cc2c(s1)CCCCC2. The first-order valence-corrected chi connectivity index (χ1v) is 9.19. The average molecular weight is 353 g/mol. The van der Waals surface area contributed by atoms with Crippen molar-refractivity contribution in [3.63, 3.8) is 0 Å². The van der Waals surface area contributed by atoms with Gasteiger partial charge in [-0.1, -0.05) is 6.42 Å². The van der Waals surface area contributed by atoms with Gasteiger partial charge in [-0.2, -0.15) is 0 Å². The van der Waals surface area contributed by atoms with Crippen LogP contribution in [0.15, 0.2) is 6.07 Å². The molecule has 1 aromatic rings. The number of ether oxygens (including phenoxy) is 2. The Morgan fingerprint density at radius 1 is 1.17 bits per heavy atom. The Morgan fingerprint density at radius 2 is 2.04 bits per heavy atom. The molecule has 3 N–H and O–H groups in total. The second-order valence-corrected chi connectivity index (χ2v) is 7.11. The molecule has 3 amide bonds. The van der Waals surface area contributed by atoms with Crippen molar-refractivity contribution in [3.8, 4) is 0 Å². The highest BCUT2D eigenvalue weighted by atomic mass is 32.1. The fourth-order valence-corrected chi connectivity index (χ4v) is 4.01. The van der Waals surface area contributed by atoms with Crippen LogP contribution in [0.3, 0.4) is 0 Å². The molecule has 24 heavy (non-hydrogen) atoms. The zero-order valence-electron chi connectivity index (χ0n) is 13.6. The molecule has 7 nitrogen and oxygen atoms in total. The lowest BCUT2D eigenvalue weighted by atomic mass is 10.1. The minimum Gasteiger partial charge on any atom is -0.376 e. The Labute approximate surface area is 145 Å². The fourth-order valence-electron chi connectivity index (χ4n) is 2.86. The highest BCUT2D eigenvalue weighted by Crippen LogP contribution is 2.28. The van der Waals surface area contributed by atoms with Crippen LogP contribution < -0.4 is 16.2 Å². The number of nitrogens with one attached hydrogen (secondary N) is 3. The third kappa shape index (κ3) is 4.68. The van der Waals surface area contributed by atoms with Crippen LogP contribution >= 0.6 is 11.3 Å². The van der Waals surface area contributed by atoms with E-state index in [-0.39, 0.29) is 12.0 Å². The first-order chi connectivity index (χ1) is 11.7. The molecule has 1 aliphatic heterocycles. The number of thiophene rings is 1. The van der Waals surface area contributed by atoms with E-state index in [9.17, 15) is 9.59 Å². The van der Waals surface area contributed by atoms with Crippen LogP contribution in [0.2, 0.25) is 0 Å². The first kappa shape index (κ1) is 17.2. The Hall–Kier alpha value is -1.64. The summed E-state index contributed by atoms with van der Waals surface area (Å²) in [5.41, 5.74) is 6.10. The fraction of sp³-hybridized carbons (Fsp3) is 0.625. The molecule has 2 aliphatic rings. The molecule has 0 radical (unpaired) electrons. The van der Waals surface area contributed by atoms with Crippen LogP contribution in [-0.2, 0) is 22.3 Å². The van der Waals surface area contributed by atoms with Gasteiger partial charge in [0, 0.05) is 11.4 Å².